The summed E-state index contributed by atoms with van der Waals surface area (Å²) in [6, 6.07) is 8.63. The highest BCUT2D eigenvalue weighted by molar-refractivity contribution is 7.99. The van der Waals surface area contributed by atoms with Crippen molar-refractivity contribution >= 4 is 24.4 Å². The van der Waals surface area contributed by atoms with E-state index in [0.29, 0.717) is 5.92 Å². The number of thiol groups is 1. The maximum Gasteiger partial charge on any atom is 0.0108 e. The quantitative estimate of drug-likeness (QED) is 0.652. The molecule has 1 aromatic rings. The minimum absolute atomic E-state index is 0.680. The van der Waals surface area contributed by atoms with Crippen LogP contribution in [-0.4, -0.2) is 11.5 Å². The molecule has 1 unspecified atom stereocenters. The normalized spacial score (nSPS) is 21.7. The van der Waals surface area contributed by atoms with Gasteiger partial charge in [0.15, 0.2) is 0 Å². The van der Waals surface area contributed by atoms with E-state index in [1.54, 1.807) is 0 Å². The van der Waals surface area contributed by atoms with Gasteiger partial charge in [-0.1, -0.05) is 18.2 Å². The van der Waals surface area contributed by atoms with Crippen LogP contribution in [0.1, 0.15) is 11.5 Å². The largest absolute Gasteiger partial charge is 0.179 e. The van der Waals surface area contributed by atoms with Crippen LogP contribution in [0.25, 0.3) is 0 Å². The van der Waals surface area contributed by atoms with E-state index in [4.69, 9.17) is 0 Å². The predicted molar refractivity (Wildman–Crippen MR) is 53.8 cm³/mol. The van der Waals surface area contributed by atoms with Gasteiger partial charge in [-0.2, -0.15) is 12.6 Å². The van der Waals surface area contributed by atoms with Crippen molar-refractivity contribution in [2.75, 3.05) is 11.5 Å². The van der Waals surface area contributed by atoms with Gasteiger partial charge in [-0.25, -0.2) is 0 Å². The van der Waals surface area contributed by atoms with Crippen LogP contribution in [0, 0.1) is 0 Å². The minimum atomic E-state index is 0.680. The first-order valence-corrected chi connectivity index (χ1v) is 5.36. The summed E-state index contributed by atoms with van der Waals surface area (Å²) in [5.41, 5.74) is 1.49. The van der Waals surface area contributed by atoms with Crippen molar-refractivity contribution in [1.82, 2.24) is 0 Å². The molecule has 0 N–H and O–H groups in total. The molecule has 2 heteroatoms. The van der Waals surface area contributed by atoms with Crippen LogP contribution >= 0.6 is 24.4 Å². The van der Waals surface area contributed by atoms with Crippen LogP contribution in [0.3, 0.4) is 0 Å². The highest BCUT2D eigenvalue weighted by Crippen LogP contribution is 2.39. The minimum Gasteiger partial charge on any atom is -0.179 e. The smallest absolute Gasteiger partial charge is 0.0108 e. The van der Waals surface area contributed by atoms with Crippen LogP contribution in [-0.2, 0) is 0 Å². The Bertz CT molecular complexity index is 257. The third-order valence-corrected chi connectivity index (χ3v) is 3.71. The lowest BCUT2D eigenvalue weighted by Crippen LogP contribution is -1.96. The molecule has 1 heterocycles. The molecule has 1 aliphatic rings. The summed E-state index contributed by atoms with van der Waals surface area (Å²) in [6.07, 6.45) is 0. The van der Waals surface area contributed by atoms with Gasteiger partial charge in [0.05, 0.1) is 0 Å². The molecule has 1 atom stereocenters. The molecular weight excluding hydrogens is 172 g/mol. The number of hydrogen-bond donors (Lipinski definition) is 1. The molecule has 0 saturated carbocycles. The predicted octanol–water partition coefficient (Wildman–Crippen LogP) is 2.81. The number of benzene rings is 1. The molecule has 0 amide bonds. The van der Waals surface area contributed by atoms with E-state index in [9.17, 15) is 0 Å². The second-order valence-electron chi connectivity index (χ2n) is 2.73. The lowest BCUT2D eigenvalue weighted by Gasteiger charge is -2.04. The molecule has 11 heavy (non-hydrogen) atoms. The zero-order chi connectivity index (χ0) is 7.68. The third kappa shape index (κ3) is 1.30. The average Bonchev–Trinajstić information content (AvgIpc) is 2.47. The average molecular weight is 182 g/mol. The lowest BCUT2D eigenvalue weighted by atomic mass is 10.0. The summed E-state index contributed by atoms with van der Waals surface area (Å²) in [5, 5.41) is 0. The van der Waals surface area contributed by atoms with Crippen molar-refractivity contribution in [3.63, 3.8) is 0 Å². The Morgan fingerprint density at radius 3 is 3.09 bits per heavy atom. The molecule has 0 fully saturated rings. The SMILES string of the molecule is SCC1CSc2ccccc21. The molecule has 1 aliphatic heterocycles. The summed E-state index contributed by atoms with van der Waals surface area (Å²) in [5.74, 6) is 2.87. The Morgan fingerprint density at radius 1 is 1.45 bits per heavy atom. The Labute approximate surface area is 76.8 Å². The lowest BCUT2D eigenvalue weighted by molar-refractivity contribution is 0.900. The van der Waals surface area contributed by atoms with Gasteiger partial charge < -0.3 is 0 Å². The molecule has 58 valence electrons. The number of hydrogen-bond acceptors (Lipinski definition) is 2. The second-order valence-corrected chi connectivity index (χ2v) is 4.16. The molecule has 1 aromatic carbocycles. The summed E-state index contributed by atoms with van der Waals surface area (Å²) in [6.45, 7) is 0. The zero-order valence-corrected chi connectivity index (χ0v) is 7.87. The van der Waals surface area contributed by atoms with Crippen LogP contribution in [0.15, 0.2) is 29.2 Å². The van der Waals surface area contributed by atoms with Crippen LogP contribution < -0.4 is 0 Å². The van der Waals surface area contributed by atoms with Crippen molar-refractivity contribution in [2.24, 2.45) is 0 Å². The van der Waals surface area contributed by atoms with Gasteiger partial charge in [0.1, 0.15) is 0 Å². The van der Waals surface area contributed by atoms with Crippen molar-refractivity contribution in [2.45, 2.75) is 10.8 Å². The molecule has 0 aliphatic carbocycles. The Hall–Kier alpha value is -0.0800. The fourth-order valence-electron chi connectivity index (χ4n) is 1.38. The van der Waals surface area contributed by atoms with E-state index in [2.05, 4.69) is 36.9 Å². The summed E-state index contributed by atoms with van der Waals surface area (Å²) < 4.78 is 0. The second kappa shape index (κ2) is 3.11. The first-order valence-electron chi connectivity index (χ1n) is 3.74. The van der Waals surface area contributed by atoms with Gasteiger partial charge in [0.25, 0.3) is 0 Å². The number of thioether (sulfide) groups is 1. The molecule has 0 bridgehead atoms. The van der Waals surface area contributed by atoms with Crippen LogP contribution in [0.4, 0.5) is 0 Å². The molecule has 0 spiro atoms. The fourth-order valence-corrected chi connectivity index (χ4v) is 3.14. The molecule has 0 nitrogen and oxygen atoms in total. The Balaban J connectivity index is 2.39. The number of fused-ring (bicyclic) bond motifs is 1. The molecule has 0 saturated heterocycles. The Kier molecular flexibility index (Phi) is 2.14. The summed E-state index contributed by atoms with van der Waals surface area (Å²) >= 11 is 6.28. The van der Waals surface area contributed by atoms with Gasteiger partial charge in [-0.15, -0.1) is 11.8 Å². The Morgan fingerprint density at radius 2 is 2.27 bits per heavy atom. The van der Waals surface area contributed by atoms with Crippen LogP contribution in [0.5, 0.6) is 0 Å². The van der Waals surface area contributed by atoms with E-state index in [0.717, 1.165) is 5.75 Å². The highest BCUT2D eigenvalue weighted by Gasteiger charge is 2.20. The summed E-state index contributed by atoms with van der Waals surface area (Å²) in [7, 11) is 0. The zero-order valence-electron chi connectivity index (χ0n) is 6.16. The standard InChI is InChI=1S/C9H10S2/c10-5-7-6-11-9-4-2-1-3-8(7)9/h1-4,7,10H,5-6H2. The maximum absolute atomic E-state index is 4.33. The van der Waals surface area contributed by atoms with Gasteiger partial charge in [0.2, 0.25) is 0 Å². The fraction of sp³-hybridized carbons (Fsp3) is 0.333. The van der Waals surface area contributed by atoms with E-state index < -0.39 is 0 Å². The van der Waals surface area contributed by atoms with Crippen molar-refractivity contribution in [1.29, 1.82) is 0 Å². The van der Waals surface area contributed by atoms with E-state index in [-0.39, 0.29) is 0 Å². The van der Waals surface area contributed by atoms with Crippen molar-refractivity contribution in [3.8, 4) is 0 Å². The summed E-state index contributed by atoms with van der Waals surface area (Å²) in [4.78, 5) is 1.45. The van der Waals surface area contributed by atoms with E-state index in [1.807, 2.05) is 11.8 Å². The molecular formula is C9H10S2. The van der Waals surface area contributed by atoms with Crippen LogP contribution in [0.2, 0.25) is 0 Å². The molecule has 0 aromatic heterocycles. The van der Waals surface area contributed by atoms with Gasteiger partial charge in [-0.05, 0) is 17.4 Å². The van der Waals surface area contributed by atoms with Gasteiger partial charge in [-0.3, -0.25) is 0 Å². The first-order chi connectivity index (χ1) is 5.42. The highest BCUT2D eigenvalue weighted by atomic mass is 32.2. The van der Waals surface area contributed by atoms with Gasteiger partial charge >= 0.3 is 0 Å². The topological polar surface area (TPSA) is 0 Å². The van der Waals surface area contributed by atoms with E-state index >= 15 is 0 Å². The third-order valence-electron chi connectivity index (χ3n) is 2.02. The molecule has 2 rings (SSSR count). The van der Waals surface area contributed by atoms with Gasteiger partial charge in [0, 0.05) is 16.6 Å². The number of rotatable bonds is 1. The first kappa shape index (κ1) is 7.56. The monoisotopic (exact) mass is 182 g/mol. The molecule has 0 radical (unpaired) electrons. The van der Waals surface area contributed by atoms with Crippen molar-refractivity contribution in [3.05, 3.63) is 29.8 Å². The maximum atomic E-state index is 4.33. The van der Waals surface area contributed by atoms with E-state index in [1.165, 1.54) is 16.2 Å². The van der Waals surface area contributed by atoms with Crippen molar-refractivity contribution < 1.29 is 0 Å².